The fourth-order valence-corrected chi connectivity index (χ4v) is 2.56. The molecule has 0 radical (unpaired) electrons. The van der Waals surface area contributed by atoms with Gasteiger partial charge in [0.15, 0.2) is 0 Å². The Morgan fingerprint density at radius 2 is 1.67 bits per heavy atom. The Hall–Kier alpha value is -1.32. The van der Waals surface area contributed by atoms with Crippen LogP contribution in [-0.4, -0.2) is 6.04 Å². The molecule has 3 rings (SSSR count). The molecule has 1 aliphatic rings. The maximum Gasteiger partial charge on any atom is 0.128 e. The lowest BCUT2D eigenvalue weighted by molar-refractivity contribution is 0.481. The first kappa shape index (κ1) is 14.6. The molecule has 2 nitrogen and oxygen atoms in total. The molecule has 2 aromatic rings. The monoisotopic (exact) mass is 345 g/mol. The fourth-order valence-electron chi connectivity index (χ4n) is 2.33. The van der Waals surface area contributed by atoms with Crippen molar-refractivity contribution in [2.45, 2.75) is 39.3 Å². The molecule has 1 aliphatic carbocycles. The zero-order valence-corrected chi connectivity index (χ0v) is 14.0. The summed E-state index contributed by atoms with van der Waals surface area (Å²) in [5.41, 5.74) is 3.68. The fraction of sp³-hybridized carbons (Fsp3) is 0.333. The summed E-state index contributed by atoms with van der Waals surface area (Å²) in [6.45, 7) is 5.11. The van der Waals surface area contributed by atoms with Crippen LogP contribution >= 0.6 is 15.9 Å². The first-order chi connectivity index (χ1) is 10.1. The molecule has 0 atom stereocenters. The Kier molecular flexibility index (Phi) is 4.32. The summed E-state index contributed by atoms with van der Waals surface area (Å²) in [6.07, 6.45) is 2.65. The minimum Gasteiger partial charge on any atom is -0.457 e. The van der Waals surface area contributed by atoms with Crippen LogP contribution in [0.25, 0.3) is 0 Å². The molecule has 0 spiro atoms. The van der Waals surface area contributed by atoms with E-state index in [1.54, 1.807) is 0 Å². The van der Waals surface area contributed by atoms with Gasteiger partial charge in [-0.1, -0.05) is 28.1 Å². The van der Waals surface area contributed by atoms with Gasteiger partial charge < -0.3 is 10.1 Å². The topological polar surface area (TPSA) is 21.3 Å². The van der Waals surface area contributed by atoms with Crippen molar-refractivity contribution in [3.05, 3.63) is 57.6 Å². The van der Waals surface area contributed by atoms with Crippen LogP contribution < -0.4 is 10.1 Å². The van der Waals surface area contributed by atoms with E-state index >= 15 is 0 Å². The highest BCUT2D eigenvalue weighted by molar-refractivity contribution is 9.10. The van der Waals surface area contributed by atoms with Gasteiger partial charge >= 0.3 is 0 Å². The zero-order chi connectivity index (χ0) is 14.8. The zero-order valence-electron chi connectivity index (χ0n) is 12.4. The van der Waals surface area contributed by atoms with E-state index in [4.69, 9.17) is 4.74 Å². The highest BCUT2D eigenvalue weighted by Gasteiger charge is 2.19. The van der Waals surface area contributed by atoms with Gasteiger partial charge in [0.2, 0.25) is 0 Å². The van der Waals surface area contributed by atoms with Crippen LogP contribution in [-0.2, 0) is 6.54 Å². The van der Waals surface area contributed by atoms with Gasteiger partial charge in [0.25, 0.3) is 0 Å². The van der Waals surface area contributed by atoms with E-state index in [1.807, 2.05) is 12.1 Å². The van der Waals surface area contributed by atoms with Gasteiger partial charge in [-0.15, -0.1) is 0 Å². The first-order valence-corrected chi connectivity index (χ1v) is 8.18. The Bertz CT molecular complexity index is 609. The lowest BCUT2D eigenvalue weighted by atomic mass is 10.1. The average Bonchev–Trinajstić information content (AvgIpc) is 3.28. The normalized spacial score (nSPS) is 14.2. The van der Waals surface area contributed by atoms with Crippen molar-refractivity contribution in [3.8, 4) is 11.5 Å². The first-order valence-electron chi connectivity index (χ1n) is 7.39. The number of aryl methyl sites for hydroxylation is 2. The second-order valence-electron chi connectivity index (χ2n) is 5.77. The second kappa shape index (κ2) is 6.20. The number of rotatable bonds is 5. The lowest BCUT2D eigenvalue weighted by Gasteiger charge is -2.10. The molecule has 1 saturated carbocycles. The Labute approximate surface area is 134 Å². The van der Waals surface area contributed by atoms with Crippen molar-refractivity contribution in [2.75, 3.05) is 0 Å². The van der Waals surface area contributed by atoms with Crippen molar-refractivity contribution < 1.29 is 4.74 Å². The van der Waals surface area contributed by atoms with E-state index in [1.165, 1.54) is 29.5 Å². The summed E-state index contributed by atoms with van der Waals surface area (Å²) in [6, 6.07) is 13.2. The van der Waals surface area contributed by atoms with Gasteiger partial charge in [-0.25, -0.2) is 0 Å². The summed E-state index contributed by atoms with van der Waals surface area (Å²) in [4.78, 5) is 0. The van der Waals surface area contributed by atoms with Crippen LogP contribution in [0.4, 0.5) is 0 Å². The molecule has 3 heteroatoms. The summed E-state index contributed by atoms with van der Waals surface area (Å²) >= 11 is 3.58. The Morgan fingerprint density at radius 3 is 2.24 bits per heavy atom. The Morgan fingerprint density at radius 1 is 1.05 bits per heavy atom. The van der Waals surface area contributed by atoms with Crippen molar-refractivity contribution in [1.82, 2.24) is 5.32 Å². The lowest BCUT2D eigenvalue weighted by Crippen LogP contribution is -2.14. The molecular formula is C18H20BrNO. The molecule has 0 saturated heterocycles. The summed E-state index contributed by atoms with van der Waals surface area (Å²) in [7, 11) is 0. The van der Waals surface area contributed by atoms with E-state index in [0.717, 1.165) is 28.6 Å². The van der Waals surface area contributed by atoms with E-state index in [9.17, 15) is 0 Å². The van der Waals surface area contributed by atoms with E-state index in [-0.39, 0.29) is 0 Å². The molecule has 21 heavy (non-hydrogen) atoms. The molecule has 0 unspecified atom stereocenters. The van der Waals surface area contributed by atoms with Crippen LogP contribution in [0.1, 0.15) is 29.5 Å². The smallest absolute Gasteiger partial charge is 0.128 e. The minimum absolute atomic E-state index is 0.745. The van der Waals surface area contributed by atoms with Gasteiger partial charge in [0.1, 0.15) is 11.5 Å². The van der Waals surface area contributed by atoms with Gasteiger partial charge in [0.05, 0.1) is 0 Å². The maximum absolute atomic E-state index is 5.95. The molecule has 0 aromatic heterocycles. The van der Waals surface area contributed by atoms with Crippen molar-refractivity contribution in [1.29, 1.82) is 0 Å². The molecule has 1 fully saturated rings. The standard InChI is InChI=1S/C18H20BrNO/c1-12-9-17(10-13(2)18(12)19)21-16-7-3-14(4-8-16)11-20-15-5-6-15/h3-4,7-10,15,20H,5-6,11H2,1-2H3. The van der Waals surface area contributed by atoms with Crippen LogP contribution in [0.15, 0.2) is 40.9 Å². The molecule has 0 amide bonds. The maximum atomic E-state index is 5.95. The Balaban J connectivity index is 1.66. The molecule has 0 heterocycles. The van der Waals surface area contributed by atoms with Gasteiger partial charge in [-0.2, -0.15) is 0 Å². The van der Waals surface area contributed by atoms with Gasteiger partial charge in [0, 0.05) is 17.1 Å². The number of hydrogen-bond donors (Lipinski definition) is 1. The van der Waals surface area contributed by atoms with Gasteiger partial charge in [-0.3, -0.25) is 0 Å². The summed E-state index contributed by atoms with van der Waals surface area (Å²) in [5, 5.41) is 3.52. The molecule has 0 bridgehead atoms. The summed E-state index contributed by atoms with van der Waals surface area (Å²) in [5.74, 6) is 1.77. The van der Waals surface area contributed by atoms with E-state index in [0.29, 0.717) is 0 Å². The molecule has 2 aromatic carbocycles. The van der Waals surface area contributed by atoms with E-state index < -0.39 is 0 Å². The number of halogens is 1. The predicted molar refractivity (Wildman–Crippen MR) is 90.0 cm³/mol. The molecule has 1 N–H and O–H groups in total. The highest BCUT2D eigenvalue weighted by atomic mass is 79.9. The predicted octanol–water partition coefficient (Wildman–Crippen LogP) is 5.11. The molecule has 0 aliphatic heterocycles. The van der Waals surface area contributed by atoms with E-state index in [2.05, 4.69) is 59.4 Å². The van der Waals surface area contributed by atoms with Crippen LogP contribution in [0.2, 0.25) is 0 Å². The number of hydrogen-bond acceptors (Lipinski definition) is 2. The second-order valence-corrected chi connectivity index (χ2v) is 6.57. The number of nitrogens with one attached hydrogen (secondary N) is 1. The SMILES string of the molecule is Cc1cc(Oc2ccc(CNC3CC3)cc2)cc(C)c1Br. The number of benzene rings is 2. The third-order valence-electron chi connectivity index (χ3n) is 3.74. The minimum atomic E-state index is 0.745. The van der Waals surface area contributed by atoms with Crippen LogP contribution in [0.5, 0.6) is 11.5 Å². The third-order valence-corrected chi connectivity index (χ3v) is 4.99. The van der Waals surface area contributed by atoms with Crippen molar-refractivity contribution in [3.63, 3.8) is 0 Å². The van der Waals surface area contributed by atoms with Crippen LogP contribution in [0, 0.1) is 13.8 Å². The number of ether oxygens (including phenoxy) is 1. The molecule has 110 valence electrons. The van der Waals surface area contributed by atoms with Crippen LogP contribution in [0.3, 0.4) is 0 Å². The summed E-state index contributed by atoms with van der Waals surface area (Å²) < 4.78 is 7.10. The third kappa shape index (κ3) is 3.86. The molecular weight excluding hydrogens is 326 g/mol. The quantitative estimate of drug-likeness (QED) is 0.812. The average molecular weight is 346 g/mol. The van der Waals surface area contributed by atoms with Gasteiger partial charge in [-0.05, 0) is 67.6 Å². The largest absolute Gasteiger partial charge is 0.457 e. The van der Waals surface area contributed by atoms with Crippen molar-refractivity contribution >= 4 is 15.9 Å². The highest BCUT2D eigenvalue weighted by Crippen LogP contribution is 2.29. The van der Waals surface area contributed by atoms with Crippen molar-refractivity contribution in [2.24, 2.45) is 0 Å².